The number of fused-ring (bicyclic) bond motifs is 1. The molecule has 1 aliphatic heterocycles. The van der Waals surface area contributed by atoms with Crippen LogP contribution in [0.2, 0.25) is 0 Å². The largest absolute Gasteiger partial charge is 0.310 e. The first-order valence-corrected chi connectivity index (χ1v) is 10.3. The number of halogens is 1. The second-order valence-electron chi connectivity index (χ2n) is 7.18. The Bertz CT molecular complexity index is 1160. The number of anilines is 1. The summed E-state index contributed by atoms with van der Waals surface area (Å²) >= 11 is 1.22. The SMILES string of the molecule is Cc1ccc(C)c(C2CC(=O)Nc3nc(SCc4ccccc4F)[nH]c(=O)c32)c1. The first kappa shape index (κ1) is 19.4. The number of amides is 1. The Kier molecular flexibility index (Phi) is 5.24. The lowest BCUT2D eigenvalue weighted by molar-refractivity contribution is -0.116. The highest BCUT2D eigenvalue weighted by Crippen LogP contribution is 2.36. The summed E-state index contributed by atoms with van der Waals surface area (Å²) in [5, 5.41) is 3.07. The Labute approximate surface area is 171 Å². The molecule has 1 aromatic heterocycles. The quantitative estimate of drug-likeness (QED) is 0.498. The van der Waals surface area contributed by atoms with E-state index in [4.69, 9.17) is 0 Å². The molecule has 0 radical (unpaired) electrons. The summed E-state index contributed by atoms with van der Waals surface area (Å²) in [6, 6.07) is 12.5. The molecule has 0 spiro atoms. The molecule has 0 bridgehead atoms. The number of benzene rings is 2. The van der Waals surface area contributed by atoms with Gasteiger partial charge in [-0.3, -0.25) is 9.59 Å². The van der Waals surface area contributed by atoms with Crippen LogP contribution in [-0.4, -0.2) is 15.9 Å². The number of hydrogen-bond acceptors (Lipinski definition) is 4. The van der Waals surface area contributed by atoms with Crippen LogP contribution in [-0.2, 0) is 10.5 Å². The summed E-state index contributed by atoms with van der Waals surface area (Å²) in [7, 11) is 0. The molecular weight excluding hydrogens is 389 g/mol. The summed E-state index contributed by atoms with van der Waals surface area (Å²) in [4.78, 5) is 32.5. The van der Waals surface area contributed by atoms with E-state index >= 15 is 0 Å². The van der Waals surface area contributed by atoms with E-state index in [1.165, 1.54) is 17.8 Å². The fraction of sp³-hybridized carbons (Fsp3) is 0.227. The van der Waals surface area contributed by atoms with Gasteiger partial charge in [-0.15, -0.1) is 0 Å². The van der Waals surface area contributed by atoms with Crippen LogP contribution in [0.15, 0.2) is 52.4 Å². The van der Waals surface area contributed by atoms with Crippen LogP contribution in [0.3, 0.4) is 0 Å². The first-order valence-electron chi connectivity index (χ1n) is 9.30. The van der Waals surface area contributed by atoms with Gasteiger partial charge in [0.1, 0.15) is 11.6 Å². The van der Waals surface area contributed by atoms with Gasteiger partial charge in [-0.05, 0) is 36.6 Å². The first-order chi connectivity index (χ1) is 13.9. The number of aromatic nitrogens is 2. The maximum atomic E-state index is 13.8. The number of nitrogens with zero attached hydrogens (tertiary/aromatic N) is 1. The topological polar surface area (TPSA) is 74.8 Å². The van der Waals surface area contributed by atoms with Crippen molar-refractivity contribution in [1.82, 2.24) is 9.97 Å². The van der Waals surface area contributed by atoms with Gasteiger partial charge in [-0.2, -0.15) is 0 Å². The lowest BCUT2D eigenvalue weighted by atomic mass is 9.84. The van der Waals surface area contributed by atoms with E-state index < -0.39 is 0 Å². The van der Waals surface area contributed by atoms with E-state index in [0.717, 1.165) is 16.7 Å². The minimum atomic E-state index is -0.347. The van der Waals surface area contributed by atoms with Crippen molar-refractivity contribution in [2.45, 2.75) is 37.1 Å². The number of rotatable bonds is 4. The Hall–Kier alpha value is -2.93. The third kappa shape index (κ3) is 3.96. The van der Waals surface area contributed by atoms with Gasteiger partial charge in [0.05, 0.1) is 5.56 Å². The van der Waals surface area contributed by atoms with Crippen LogP contribution in [0, 0.1) is 19.7 Å². The molecule has 1 amide bonds. The summed E-state index contributed by atoms with van der Waals surface area (Å²) in [6.45, 7) is 3.96. The number of carbonyl (C=O) groups is 1. The van der Waals surface area contributed by atoms with Crippen molar-refractivity contribution in [2.24, 2.45) is 0 Å². The number of nitrogens with one attached hydrogen (secondary N) is 2. The zero-order valence-corrected chi connectivity index (χ0v) is 16.9. The van der Waals surface area contributed by atoms with Gasteiger partial charge >= 0.3 is 0 Å². The number of carbonyl (C=O) groups excluding carboxylic acids is 1. The molecule has 29 heavy (non-hydrogen) atoms. The Morgan fingerprint density at radius 3 is 2.76 bits per heavy atom. The molecule has 1 unspecified atom stereocenters. The average molecular weight is 409 g/mol. The van der Waals surface area contributed by atoms with E-state index in [2.05, 4.69) is 15.3 Å². The Morgan fingerprint density at radius 1 is 1.17 bits per heavy atom. The van der Waals surface area contributed by atoms with Crippen molar-refractivity contribution in [3.63, 3.8) is 0 Å². The van der Waals surface area contributed by atoms with Gasteiger partial charge in [-0.1, -0.05) is 53.7 Å². The molecule has 148 valence electrons. The maximum Gasteiger partial charge on any atom is 0.257 e. The standard InChI is InChI=1S/C22H20FN3O2S/c1-12-7-8-13(2)15(9-12)16-10-18(27)24-20-19(16)21(28)26-22(25-20)29-11-14-5-3-4-6-17(14)23/h3-9,16H,10-11H2,1-2H3,(H2,24,25,26,27,28). The number of aromatic amines is 1. The Morgan fingerprint density at radius 2 is 1.97 bits per heavy atom. The average Bonchev–Trinajstić information content (AvgIpc) is 2.68. The van der Waals surface area contributed by atoms with Crippen molar-refractivity contribution >= 4 is 23.5 Å². The molecule has 0 aliphatic carbocycles. The third-order valence-electron chi connectivity index (χ3n) is 5.06. The molecular formula is C22H20FN3O2S. The smallest absolute Gasteiger partial charge is 0.257 e. The molecule has 2 heterocycles. The highest BCUT2D eigenvalue weighted by atomic mass is 32.2. The molecule has 5 nitrogen and oxygen atoms in total. The van der Waals surface area contributed by atoms with Gasteiger partial charge in [0, 0.05) is 18.1 Å². The number of thioether (sulfide) groups is 1. The van der Waals surface area contributed by atoms with Gasteiger partial charge in [0.25, 0.3) is 5.56 Å². The molecule has 1 aliphatic rings. The molecule has 0 saturated heterocycles. The minimum absolute atomic E-state index is 0.174. The second kappa shape index (κ2) is 7.83. The van der Waals surface area contributed by atoms with Crippen LogP contribution in [0.1, 0.15) is 40.2 Å². The molecule has 1 atom stereocenters. The zero-order chi connectivity index (χ0) is 20.5. The highest BCUT2D eigenvalue weighted by Gasteiger charge is 2.31. The van der Waals surface area contributed by atoms with Crippen molar-refractivity contribution in [1.29, 1.82) is 0 Å². The normalized spacial score (nSPS) is 15.7. The van der Waals surface area contributed by atoms with Gasteiger partial charge in [-0.25, -0.2) is 9.37 Å². The van der Waals surface area contributed by atoms with Crippen LogP contribution in [0.25, 0.3) is 0 Å². The predicted octanol–water partition coefficient (Wildman–Crippen LogP) is 4.29. The van der Waals surface area contributed by atoms with Gasteiger partial charge in [0.2, 0.25) is 5.91 Å². The number of hydrogen-bond donors (Lipinski definition) is 2. The summed E-state index contributed by atoms with van der Waals surface area (Å²) in [6.07, 6.45) is 0.198. The lowest BCUT2D eigenvalue weighted by Crippen LogP contribution is -2.31. The van der Waals surface area contributed by atoms with E-state index in [0.29, 0.717) is 22.0 Å². The molecule has 7 heteroatoms. The van der Waals surface area contributed by atoms with Gasteiger partial charge in [0.15, 0.2) is 5.16 Å². The van der Waals surface area contributed by atoms with Crippen LogP contribution < -0.4 is 10.9 Å². The van der Waals surface area contributed by atoms with Gasteiger partial charge < -0.3 is 10.3 Å². The molecule has 0 fully saturated rings. The van der Waals surface area contributed by atoms with Crippen molar-refractivity contribution in [3.05, 3.63) is 86.5 Å². The van der Waals surface area contributed by atoms with E-state index in [1.54, 1.807) is 18.2 Å². The molecule has 2 N–H and O–H groups in total. The van der Waals surface area contributed by atoms with E-state index in [9.17, 15) is 14.0 Å². The molecule has 0 saturated carbocycles. The molecule has 2 aromatic carbocycles. The van der Waals surface area contributed by atoms with Crippen molar-refractivity contribution < 1.29 is 9.18 Å². The number of aryl methyl sites for hydroxylation is 2. The predicted molar refractivity (Wildman–Crippen MR) is 112 cm³/mol. The van der Waals surface area contributed by atoms with Crippen molar-refractivity contribution in [2.75, 3.05) is 5.32 Å². The monoisotopic (exact) mass is 409 g/mol. The van der Waals surface area contributed by atoms with Crippen LogP contribution >= 0.6 is 11.8 Å². The van der Waals surface area contributed by atoms with Crippen LogP contribution in [0.4, 0.5) is 10.2 Å². The second-order valence-corrected chi connectivity index (χ2v) is 8.14. The maximum absolute atomic E-state index is 13.8. The summed E-state index contributed by atoms with van der Waals surface area (Å²) in [5.41, 5.74) is 3.76. The fourth-order valence-electron chi connectivity index (χ4n) is 3.58. The van der Waals surface area contributed by atoms with E-state index in [1.807, 2.05) is 32.0 Å². The highest BCUT2D eigenvalue weighted by molar-refractivity contribution is 7.98. The fourth-order valence-corrected chi connectivity index (χ4v) is 4.43. The van der Waals surface area contributed by atoms with E-state index in [-0.39, 0.29) is 35.4 Å². The summed E-state index contributed by atoms with van der Waals surface area (Å²) in [5.74, 6) is -0.217. The van der Waals surface area contributed by atoms with Crippen molar-refractivity contribution in [3.8, 4) is 0 Å². The number of H-pyrrole nitrogens is 1. The minimum Gasteiger partial charge on any atom is -0.310 e. The third-order valence-corrected chi connectivity index (χ3v) is 5.98. The summed E-state index contributed by atoms with van der Waals surface area (Å²) < 4.78 is 13.8. The zero-order valence-electron chi connectivity index (χ0n) is 16.1. The molecule has 4 rings (SSSR count). The lowest BCUT2D eigenvalue weighted by Gasteiger charge is -2.26. The Balaban J connectivity index is 1.70. The molecule has 3 aromatic rings. The van der Waals surface area contributed by atoms with Crippen LogP contribution in [0.5, 0.6) is 0 Å².